The molecule has 2 bridgehead atoms. The molecular weight excluding hydrogens is 946 g/mol. The van der Waals surface area contributed by atoms with Crippen molar-refractivity contribution in [1.82, 2.24) is 36.4 Å². The average Bonchev–Trinajstić information content (AvgIpc) is 3.29. The van der Waals surface area contributed by atoms with E-state index in [0.717, 1.165) is 16.9 Å². The zero-order chi connectivity index (χ0) is 51.3. The molecule has 0 aliphatic carbocycles. The molecule has 0 spiro atoms. The van der Waals surface area contributed by atoms with Gasteiger partial charge in [-0.15, -0.1) is 0 Å². The van der Waals surface area contributed by atoms with Gasteiger partial charge in [-0.1, -0.05) is 94.4 Å². The molecular formula is C46H62N7NaO15S. The second-order valence-electron chi connectivity index (χ2n) is 17.4. The maximum absolute atomic E-state index is 14.9. The fourth-order valence-corrected chi connectivity index (χ4v) is 8.06. The number of aliphatic hydroxyl groups is 1. The number of hydrogen-bond acceptors (Lipinski definition) is 15. The van der Waals surface area contributed by atoms with E-state index in [4.69, 9.17) is 9.47 Å². The minimum atomic E-state index is -5.23. The molecule has 2 saturated heterocycles. The number of esters is 1. The number of hydrogen-bond donors (Lipinski definition) is 6. The topological polar surface area (TPSA) is 308 Å². The number of methoxy groups -OCH3 is 1. The van der Waals surface area contributed by atoms with Gasteiger partial charge in [0.25, 0.3) is 17.7 Å². The molecule has 4 rings (SSSR count). The Hall–Kier alpha value is -5.27. The molecule has 2 aliphatic rings. The van der Waals surface area contributed by atoms with Gasteiger partial charge in [0, 0.05) is 27.0 Å². The van der Waals surface area contributed by atoms with Crippen molar-refractivity contribution >= 4 is 57.7 Å². The first-order valence-electron chi connectivity index (χ1n) is 22.3. The van der Waals surface area contributed by atoms with Crippen molar-refractivity contribution < 1.29 is 99.6 Å². The largest absolute Gasteiger partial charge is 1.00 e. The third-order valence-electron chi connectivity index (χ3n) is 11.7. The maximum atomic E-state index is 14.9. The Morgan fingerprint density at radius 3 is 1.97 bits per heavy atom. The number of nitrogens with zero attached hydrogens (tertiary/aromatic N) is 2. The fraction of sp³-hybridized carbons (Fsp3) is 0.522. The first-order valence-corrected chi connectivity index (χ1v) is 23.7. The second-order valence-corrected chi connectivity index (χ2v) is 18.4. The van der Waals surface area contributed by atoms with Crippen molar-refractivity contribution in [3.8, 4) is 0 Å². The van der Waals surface area contributed by atoms with Crippen LogP contribution in [0.15, 0.2) is 72.4 Å². The fourth-order valence-electron chi connectivity index (χ4n) is 7.77. The number of fused-ring (bicyclic) bond motifs is 2. The van der Waals surface area contributed by atoms with Crippen LogP contribution in [0.4, 0.5) is 0 Å². The third-order valence-corrected chi connectivity index (χ3v) is 12.1. The summed E-state index contributed by atoms with van der Waals surface area (Å²) in [5.41, 5.74) is 0.824. The van der Waals surface area contributed by atoms with Crippen molar-refractivity contribution in [3.63, 3.8) is 0 Å². The Kier molecular flexibility index (Phi) is 22.6. The van der Waals surface area contributed by atoms with Gasteiger partial charge >= 0.3 is 35.5 Å². The van der Waals surface area contributed by atoms with E-state index < -0.39 is 137 Å². The smallest absolute Gasteiger partial charge is 0.726 e. The number of cyclic esters (lactones) is 1. The molecule has 2 heterocycles. The van der Waals surface area contributed by atoms with Crippen LogP contribution in [0.25, 0.3) is 0 Å². The zero-order valence-corrected chi connectivity index (χ0v) is 43.5. The van der Waals surface area contributed by atoms with Gasteiger partial charge in [0.05, 0.1) is 0 Å². The normalized spacial score (nSPS) is 24.7. The van der Waals surface area contributed by atoms with E-state index in [1.807, 2.05) is 0 Å². The SMILES string of the molecule is C/C=C1\NC(=O)[C@H](NC(=O)[C@@H](NC(=O)[C@@H](COS(=O)(=O)[O-])OC)C(C)C)[C@@H](C)OC(=O)[C@H](C(C)C)NC(=O)[C@H](Cc2ccccc2)N(C)C(=O)[C@H](Cc2ccccc2)N2C(=O)[C@H](CC[C@H]2O)NC1=O.[Na+]. The molecule has 7 amide bonds. The molecule has 2 aliphatic heterocycles. The summed E-state index contributed by atoms with van der Waals surface area (Å²) in [6.45, 7) is 7.86. The molecule has 0 radical (unpaired) electrons. The van der Waals surface area contributed by atoms with Gasteiger partial charge in [-0.25, -0.2) is 13.2 Å². The van der Waals surface area contributed by atoms with Gasteiger partial charge in [-0.3, -0.25) is 37.7 Å². The number of rotatable bonds is 14. The van der Waals surface area contributed by atoms with Crippen LogP contribution < -0.4 is 56.1 Å². The van der Waals surface area contributed by atoms with Crippen LogP contribution in [0.3, 0.4) is 0 Å². The Morgan fingerprint density at radius 1 is 0.886 bits per heavy atom. The van der Waals surface area contributed by atoms with E-state index >= 15 is 0 Å². The van der Waals surface area contributed by atoms with Gasteiger partial charge in [-0.05, 0) is 49.7 Å². The van der Waals surface area contributed by atoms with Crippen LogP contribution in [0.5, 0.6) is 0 Å². The van der Waals surface area contributed by atoms with Gasteiger partial charge in [0.15, 0.2) is 6.10 Å². The number of amides is 7. The summed E-state index contributed by atoms with van der Waals surface area (Å²) in [6, 6.07) is 8.58. The summed E-state index contributed by atoms with van der Waals surface area (Å²) in [5.74, 6) is -9.03. The van der Waals surface area contributed by atoms with Crippen molar-refractivity contribution in [3.05, 3.63) is 83.6 Å². The summed E-state index contributed by atoms with van der Waals surface area (Å²) < 4.78 is 48.1. The van der Waals surface area contributed by atoms with Crippen LogP contribution in [-0.4, -0.2) is 151 Å². The Balaban J connectivity index is 0.0000130. The van der Waals surface area contributed by atoms with Crippen LogP contribution in [-0.2, 0) is 75.3 Å². The van der Waals surface area contributed by atoms with Gasteiger partial charge in [0.2, 0.25) is 34.0 Å². The molecule has 6 N–H and O–H groups in total. The first-order chi connectivity index (χ1) is 32.5. The molecule has 2 aromatic rings. The molecule has 0 saturated carbocycles. The summed E-state index contributed by atoms with van der Waals surface area (Å²) in [6.07, 6.45) is -3.90. The molecule has 70 heavy (non-hydrogen) atoms. The number of benzene rings is 2. The van der Waals surface area contributed by atoms with E-state index in [9.17, 15) is 56.4 Å². The number of piperidine rings is 1. The molecule has 2 aromatic carbocycles. The molecule has 24 heteroatoms. The van der Waals surface area contributed by atoms with Crippen LogP contribution in [0.1, 0.15) is 65.5 Å². The van der Waals surface area contributed by atoms with Crippen LogP contribution >= 0.6 is 0 Å². The molecule has 378 valence electrons. The Labute approximate surface area is 429 Å². The number of carbonyl (C=O) groups is 8. The maximum Gasteiger partial charge on any atom is 1.00 e. The number of nitrogens with one attached hydrogen (secondary N) is 5. The monoisotopic (exact) mass is 1010 g/mol. The first kappa shape index (κ1) is 59.0. The second kappa shape index (κ2) is 26.8. The Bertz CT molecular complexity index is 2320. The number of aliphatic hydroxyl groups excluding tert-OH is 1. The van der Waals surface area contributed by atoms with E-state index in [1.165, 1.54) is 40.8 Å². The molecule has 2 fully saturated rings. The summed E-state index contributed by atoms with van der Waals surface area (Å²) >= 11 is 0. The van der Waals surface area contributed by atoms with Crippen molar-refractivity contribution in [1.29, 1.82) is 0 Å². The van der Waals surface area contributed by atoms with E-state index in [1.54, 1.807) is 74.5 Å². The van der Waals surface area contributed by atoms with Crippen molar-refractivity contribution in [2.45, 2.75) is 122 Å². The van der Waals surface area contributed by atoms with E-state index in [0.29, 0.717) is 11.1 Å². The minimum absolute atomic E-state index is 0. The molecule has 0 unspecified atom stereocenters. The number of ether oxygens (including phenoxy) is 2. The number of allylic oxidation sites excluding steroid dienone is 1. The van der Waals surface area contributed by atoms with Crippen LogP contribution in [0, 0.1) is 11.8 Å². The molecule has 9 atom stereocenters. The van der Waals surface area contributed by atoms with Gasteiger partial charge < -0.3 is 55.5 Å². The predicted molar refractivity (Wildman–Crippen MR) is 244 cm³/mol. The predicted octanol–water partition coefficient (Wildman–Crippen LogP) is -3.68. The van der Waals surface area contributed by atoms with Gasteiger partial charge in [-0.2, -0.15) is 0 Å². The molecule has 22 nitrogen and oxygen atoms in total. The molecule has 0 aromatic heterocycles. The summed E-state index contributed by atoms with van der Waals surface area (Å²) in [5, 5.41) is 24.0. The minimum Gasteiger partial charge on any atom is -0.726 e. The standard InChI is InChI=1S/C46H63N7O15S.Na/c1-9-30-39(55)48-31-20-21-35(54)53(44(31)60)33(23-29-18-14-11-15-19-29)45(61)52(7)32(22-28-16-12-10-13-17-28)40(56)50-37(26(4)5)46(62)68-27(6)38(43(59)47-30)51-42(58)36(25(2)3)49-41(57)34(66-8)24-67-69(63,64)65;/h9-19,25-27,31-38,54H,20-24H2,1-8H3,(H,47,59)(H,48,55)(H,49,57)(H,50,56)(H,51,58)(H,63,64,65);/q;+1/p-1/b30-9-;/t27-,31+,32+,33+,34-,35-,36+,37+,38-;/m1./s1. The van der Waals surface area contributed by atoms with E-state index in [-0.39, 0.29) is 55.2 Å². The van der Waals surface area contributed by atoms with Crippen LogP contribution in [0.2, 0.25) is 0 Å². The summed E-state index contributed by atoms with van der Waals surface area (Å²) in [7, 11) is -2.84. The Morgan fingerprint density at radius 2 is 1.46 bits per heavy atom. The van der Waals surface area contributed by atoms with Gasteiger partial charge in [0.1, 0.15) is 60.9 Å². The number of likely N-dealkylation sites (N-methyl/N-ethyl adjacent to an activating group) is 1. The average molecular weight is 1010 g/mol. The number of carbonyl (C=O) groups excluding carboxylic acids is 8. The van der Waals surface area contributed by atoms with Crippen molar-refractivity contribution in [2.75, 3.05) is 20.8 Å². The van der Waals surface area contributed by atoms with E-state index in [2.05, 4.69) is 30.8 Å². The third kappa shape index (κ3) is 16.1. The summed E-state index contributed by atoms with van der Waals surface area (Å²) in [4.78, 5) is 116. The zero-order valence-electron chi connectivity index (χ0n) is 40.7. The quantitative estimate of drug-likeness (QED) is 0.0349. The van der Waals surface area contributed by atoms with Crippen molar-refractivity contribution in [2.24, 2.45) is 11.8 Å².